The molecule has 2 rings (SSSR count). The maximum atomic E-state index is 10.6. The van der Waals surface area contributed by atoms with Crippen molar-refractivity contribution in [1.29, 1.82) is 0 Å². The molecule has 2 N–H and O–H groups in total. The molecule has 0 bridgehead atoms. The molecule has 0 fully saturated rings. The minimum Gasteiger partial charge on any atom is -0.493 e. The standard InChI is InChI=1S/C16H19NO4/c1-10(17-9-16(18)19)11-4-5-12-7-14(20-2)15(21-3)8-13(12)6-11/h4-8,10,17H,9H2,1-3H3,(H,18,19)/t10-/m1/s1. The molecule has 1 atom stereocenters. The molecular formula is C16H19NO4. The van der Waals surface area contributed by atoms with Gasteiger partial charge < -0.3 is 19.9 Å². The number of methoxy groups -OCH3 is 2. The SMILES string of the molecule is COc1cc2ccc([C@@H](C)NCC(=O)O)cc2cc1OC. The molecule has 0 aliphatic rings. The van der Waals surface area contributed by atoms with Gasteiger partial charge in [0.15, 0.2) is 11.5 Å². The number of carbonyl (C=O) groups is 1. The summed E-state index contributed by atoms with van der Waals surface area (Å²) in [5.41, 5.74) is 1.02. The van der Waals surface area contributed by atoms with Crippen LogP contribution in [0.4, 0.5) is 0 Å². The van der Waals surface area contributed by atoms with E-state index in [0.29, 0.717) is 11.5 Å². The molecule has 2 aromatic carbocycles. The summed E-state index contributed by atoms with van der Waals surface area (Å²) in [5, 5.41) is 13.7. The van der Waals surface area contributed by atoms with Crippen LogP contribution in [0, 0.1) is 0 Å². The van der Waals surface area contributed by atoms with Gasteiger partial charge in [0, 0.05) is 6.04 Å². The van der Waals surface area contributed by atoms with E-state index in [-0.39, 0.29) is 12.6 Å². The number of rotatable bonds is 6. The van der Waals surface area contributed by atoms with E-state index in [2.05, 4.69) is 5.32 Å². The summed E-state index contributed by atoms with van der Waals surface area (Å²) in [5.74, 6) is 0.497. The Morgan fingerprint density at radius 2 is 1.76 bits per heavy atom. The molecule has 0 radical (unpaired) electrons. The summed E-state index contributed by atoms with van der Waals surface area (Å²) < 4.78 is 10.6. The maximum Gasteiger partial charge on any atom is 0.317 e. The molecular weight excluding hydrogens is 270 g/mol. The normalized spacial score (nSPS) is 12.1. The number of ether oxygens (including phenoxy) is 2. The first-order chi connectivity index (χ1) is 10.0. The highest BCUT2D eigenvalue weighted by molar-refractivity contribution is 5.86. The highest BCUT2D eigenvalue weighted by Crippen LogP contribution is 2.33. The van der Waals surface area contributed by atoms with Crippen LogP contribution in [0.1, 0.15) is 18.5 Å². The van der Waals surface area contributed by atoms with Gasteiger partial charge >= 0.3 is 5.97 Å². The fraction of sp³-hybridized carbons (Fsp3) is 0.312. The van der Waals surface area contributed by atoms with Gasteiger partial charge in [0.2, 0.25) is 0 Å². The van der Waals surface area contributed by atoms with Gasteiger partial charge in [0.25, 0.3) is 0 Å². The Balaban J connectivity index is 2.34. The van der Waals surface area contributed by atoms with E-state index in [9.17, 15) is 4.79 Å². The zero-order valence-electron chi connectivity index (χ0n) is 12.3. The molecule has 5 nitrogen and oxygen atoms in total. The minimum atomic E-state index is -0.867. The number of aliphatic carboxylic acids is 1. The van der Waals surface area contributed by atoms with Gasteiger partial charge in [-0.2, -0.15) is 0 Å². The number of carboxylic acid groups (broad SMARTS) is 1. The summed E-state index contributed by atoms with van der Waals surface area (Å²) in [7, 11) is 3.21. The van der Waals surface area contributed by atoms with Crippen molar-refractivity contribution in [3.63, 3.8) is 0 Å². The zero-order chi connectivity index (χ0) is 15.4. The van der Waals surface area contributed by atoms with E-state index in [1.165, 1.54) is 0 Å². The lowest BCUT2D eigenvalue weighted by Gasteiger charge is -2.14. The molecule has 0 unspecified atom stereocenters. The minimum absolute atomic E-state index is 0.0430. The van der Waals surface area contributed by atoms with Crippen LogP contribution >= 0.6 is 0 Å². The van der Waals surface area contributed by atoms with Crippen molar-refractivity contribution in [2.75, 3.05) is 20.8 Å². The van der Waals surface area contributed by atoms with Crippen molar-refractivity contribution in [2.24, 2.45) is 0 Å². The third-order valence-electron chi connectivity index (χ3n) is 3.43. The molecule has 0 aliphatic carbocycles. The number of carboxylic acids is 1. The van der Waals surface area contributed by atoms with Gasteiger partial charge in [0.05, 0.1) is 20.8 Å². The molecule has 0 saturated carbocycles. The first kappa shape index (κ1) is 15.1. The quantitative estimate of drug-likeness (QED) is 0.855. The van der Waals surface area contributed by atoms with Crippen molar-refractivity contribution in [1.82, 2.24) is 5.32 Å². The molecule has 5 heteroatoms. The molecule has 2 aromatic rings. The average Bonchev–Trinajstić information content (AvgIpc) is 2.50. The van der Waals surface area contributed by atoms with Crippen molar-refractivity contribution >= 4 is 16.7 Å². The monoisotopic (exact) mass is 289 g/mol. The van der Waals surface area contributed by atoms with Gasteiger partial charge in [-0.25, -0.2) is 0 Å². The Bertz CT molecular complexity index is 654. The Morgan fingerprint density at radius 3 is 2.33 bits per heavy atom. The van der Waals surface area contributed by atoms with Gasteiger partial charge in [-0.1, -0.05) is 12.1 Å². The topological polar surface area (TPSA) is 67.8 Å². The summed E-state index contributed by atoms with van der Waals surface area (Å²) >= 11 is 0. The second-order valence-electron chi connectivity index (χ2n) is 4.81. The molecule has 21 heavy (non-hydrogen) atoms. The van der Waals surface area contributed by atoms with Crippen LogP contribution in [0.5, 0.6) is 11.5 Å². The smallest absolute Gasteiger partial charge is 0.317 e. The third kappa shape index (κ3) is 3.44. The van der Waals surface area contributed by atoms with Crippen molar-refractivity contribution < 1.29 is 19.4 Å². The van der Waals surface area contributed by atoms with Crippen LogP contribution in [0.3, 0.4) is 0 Å². The van der Waals surface area contributed by atoms with E-state index in [1.807, 2.05) is 37.3 Å². The Hall–Kier alpha value is -2.27. The number of hydrogen-bond acceptors (Lipinski definition) is 4. The van der Waals surface area contributed by atoms with Crippen LogP contribution in [-0.2, 0) is 4.79 Å². The number of benzene rings is 2. The first-order valence-electron chi connectivity index (χ1n) is 6.66. The number of fused-ring (bicyclic) bond motifs is 1. The summed E-state index contributed by atoms with van der Waals surface area (Å²) in [4.78, 5) is 10.6. The lowest BCUT2D eigenvalue weighted by molar-refractivity contribution is -0.136. The highest BCUT2D eigenvalue weighted by atomic mass is 16.5. The van der Waals surface area contributed by atoms with Crippen LogP contribution in [0.2, 0.25) is 0 Å². The first-order valence-corrected chi connectivity index (χ1v) is 6.66. The van der Waals surface area contributed by atoms with E-state index in [1.54, 1.807) is 14.2 Å². The summed E-state index contributed by atoms with van der Waals surface area (Å²) in [6.07, 6.45) is 0. The molecule has 112 valence electrons. The number of hydrogen-bond donors (Lipinski definition) is 2. The Kier molecular flexibility index (Phi) is 4.65. The van der Waals surface area contributed by atoms with Gasteiger partial charge in [-0.15, -0.1) is 0 Å². The van der Waals surface area contributed by atoms with Gasteiger partial charge in [-0.05, 0) is 41.5 Å². The van der Waals surface area contributed by atoms with Crippen molar-refractivity contribution in [3.05, 3.63) is 35.9 Å². The van der Waals surface area contributed by atoms with Crippen LogP contribution in [0.15, 0.2) is 30.3 Å². The van der Waals surface area contributed by atoms with E-state index >= 15 is 0 Å². The summed E-state index contributed by atoms with van der Waals surface area (Å²) in [6.45, 7) is 1.87. The predicted molar refractivity (Wildman–Crippen MR) is 81.1 cm³/mol. The third-order valence-corrected chi connectivity index (χ3v) is 3.43. The van der Waals surface area contributed by atoms with E-state index in [0.717, 1.165) is 16.3 Å². The maximum absolute atomic E-state index is 10.6. The van der Waals surface area contributed by atoms with Gasteiger partial charge in [0.1, 0.15) is 0 Å². The van der Waals surface area contributed by atoms with Crippen molar-refractivity contribution in [3.8, 4) is 11.5 Å². The van der Waals surface area contributed by atoms with E-state index in [4.69, 9.17) is 14.6 Å². The van der Waals surface area contributed by atoms with Crippen molar-refractivity contribution in [2.45, 2.75) is 13.0 Å². The lowest BCUT2D eigenvalue weighted by atomic mass is 10.0. The van der Waals surface area contributed by atoms with Crippen LogP contribution in [-0.4, -0.2) is 31.8 Å². The second kappa shape index (κ2) is 6.45. The lowest BCUT2D eigenvalue weighted by Crippen LogP contribution is -2.25. The molecule has 0 amide bonds. The van der Waals surface area contributed by atoms with Gasteiger partial charge in [-0.3, -0.25) is 4.79 Å². The molecule has 0 heterocycles. The molecule has 0 spiro atoms. The predicted octanol–water partition coefficient (Wildman–Crippen LogP) is 2.59. The summed E-state index contributed by atoms with van der Waals surface area (Å²) in [6, 6.07) is 9.80. The average molecular weight is 289 g/mol. The highest BCUT2D eigenvalue weighted by Gasteiger charge is 2.10. The second-order valence-corrected chi connectivity index (χ2v) is 4.81. The molecule has 0 aliphatic heterocycles. The number of nitrogens with one attached hydrogen (secondary N) is 1. The van der Waals surface area contributed by atoms with E-state index < -0.39 is 5.97 Å². The largest absolute Gasteiger partial charge is 0.493 e. The Labute approximate surface area is 123 Å². The van der Waals surface area contributed by atoms with Crippen LogP contribution in [0.25, 0.3) is 10.8 Å². The fourth-order valence-electron chi connectivity index (χ4n) is 2.22. The molecule has 0 saturated heterocycles. The van der Waals surface area contributed by atoms with Crippen LogP contribution < -0.4 is 14.8 Å². The molecule has 0 aromatic heterocycles. The zero-order valence-corrected chi connectivity index (χ0v) is 12.3. The fourth-order valence-corrected chi connectivity index (χ4v) is 2.22. The Morgan fingerprint density at radius 1 is 1.14 bits per heavy atom.